The molecule has 0 aromatic heterocycles. The van der Waals surface area contributed by atoms with Crippen LogP contribution in [0.5, 0.6) is 5.75 Å². The van der Waals surface area contributed by atoms with Crippen molar-refractivity contribution in [2.45, 2.75) is 52.2 Å². The van der Waals surface area contributed by atoms with Crippen molar-refractivity contribution in [2.75, 3.05) is 40.4 Å². The van der Waals surface area contributed by atoms with Crippen LogP contribution in [0.15, 0.2) is 29.3 Å². The van der Waals surface area contributed by atoms with Gasteiger partial charge in [0.2, 0.25) is 5.91 Å². The number of carbonyl (C=O) groups excluding carboxylic acids is 1. The smallest absolute Gasteiger partial charge is 0.243 e. The number of likely N-dealkylation sites (N-methyl/N-ethyl adjacent to an activating group) is 1. The van der Waals surface area contributed by atoms with E-state index in [0.29, 0.717) is 18.5 Å². The van der Waals surface area contributed by atoms with Crippen molar-refractivity contribution in [3.63, 3.8) is 0 Å². The third-order valence-electron chi connectivity index (χ3n) is 5.97. The molecule has 1 fully saturated rings. The summed E-state index contributed by atoms with van der Waals surface area (Å²) in [6.45, 7) is 9.05. The highest BCUT2D eigenvalue weighted by molar-refractivity contribution is 5.85. The maximum absolute atomic E-state index is 12.2. The van der Waals surface area contributed by atoms with Crippen LogP contribution < -0.4 is 15.4 Å². The maximum atomic E-state index is 12.2. The fraction of sp³-hybridized carbons (Fsp3) is 0.667. The molecule has 3 rings (SSSR count). The number of ether oxygens (including phenoxy) is 2. The van der Waals surface area contributed by atoms with Crippen LogP contribution in [-0.2, 0) is 9.53 Å². The minimum absolute atomic E-state index is 0.0259. The summed E-state index contributed by atoms with van der Waals surface area (Å²) in [5, 5.41) is 7.06. The summed E-state index contributed by atoms with van der Waals surface area (Å²) < 4.78 is 11.9. The van der Waals surface area contributed by atoms with Gasteiger partial charge in [-0.25, -0.2) is 4.99 Å². The van der Waals surface area contributed by atoms with Crippen molar-refractivity contribution in [2.24, 2.45) is 16.3 Å². The Hall–Kier alpha value is -2.28. The number of nitrogens with zero attached hydrogens (tertiary/aromatic N) is 2. The first-order valence-corrected chi connectivity index (χ1v) is 11.3. The SMILES string of the molecule is CN(C)C(=O)CN=C(NCC1CCCOC1C(C)(C)C)NC1CCOc2ccccc21. The predicted octanol–water partition coefficient (Wildman–Crippen LogP) is 2.97. The van der Waals surface area contributed by atoms with Gasteiger partial charge in [-0.3, -0.25) is 4.79 Å². The average Bonchev–Trinajstić information content (AvgIpc) is 2.75. The van der Waals surface area contributed by atoms with Crippen LogP contribution in [-0.4, -0.2) is 63.3 Å². The fourth-order valence-electron chi connectivity index (χ4n) is 4.33. The molecule has 1 saturated heterocycles. The molecular weight excluding hydrogens is 392 g/mol. The first-order chi connectivity index (χ1) is 14.8. The van der Waals surface area contributed by atoms with Gasteiger partial charge >= 0.3 is 0 Å². The molecule has 0 bridgehead atoms. The Kier molecular flexibility index (Phi) is 7.81. The molecule has 2 heterocycles. The summed E-state index contributed by atoms with van der Waals surface area (Å²) in [7, 11) is 3.50. The molecule has 2 N–H and O–H groups in total. The second kappa shape index (κ2) is 10.4. The molecule has 7 heteroatoms. The van der Waals surface area contributed by atoms with E-state index in [2.05, 4.69) is 42.5 Å². The predicted molar refractivity (Wildman–Crippen MR) is 123 cm³/mol. The third kappa shape index (κ3) is 6.35. The molecule has 0 aliphatic carbocycles. The van der Waals surface area contributed by atoms with E-state index in [1.165, 1.54) is 0 Å². The van der Waals surface area contributed by atoms with Gasteiger partial charge < -0.3 is 25.0 Å². The summed E-state index contributed by atoms with van der Waals surface area (Å²) in [6.07, 6.45) is 3.24. The number of benzene rings is 1. The third-order valence-corrected chi connectivity index (χ3v) is 5.97. The van der Waals surface area contributed by atoms with E-state index in [0.717, 1.165) is 43.7 Å². The highest BCUT2D eigenvalue weighted by Gasteiger charge is 2.35. The van der Waals surface area contributed by atoms with Crippen molar-refractivity contribution in [3.05, 3.63) is 29.8 Å². The molecule has 172 valence electrons. The zero-order chi connectivity index (χ0) is 22.4. The Morgan fingerprint density at radius 3 is 2.71 bits per heavy atom. The number of hydrogen-bond donors (Lipinski definition) is 2. The minimum Gasteiger partial charge on any atom is -0.493 e. The van der Waals surface area contributed by atoms with E-state index in [9.17, 15) is 4.79 Å². The second-order valence-corrected chi connectivity index (χ2v) is 9.77. The van der Waals surface area contributed by atoms with Crippen molar-refractivity contribution in [1.82, 2.24) is 15.5 Å². The van der Waals surface area contributed by atoms with Crippen LogP contribution in [0.4, 0.5) is 0 Å². The standard InChI is InChI=1S/C24H38N4O3/c1-24(2,3)22-17(9-8-13-31-22)15-25-23(26-16-21(29)28(4)5)27-19-12-14-30-20-11-7-6-10-18(19)20/h6-7,10-11,17,19,22H,8-9,12-16H2,1-5H3,(H2,25,26,27). The highest BCUT2D eigenvalue weighted by atomic mass is 16.5. The number of guanidine groups is 1. The Balaban J connectivity index is 1.73. The van der Waals surface area contributed by atoms with Gasteiger partial charge in [0.05, 0.1) is 18.8 Å². The Bertz CT molecular complexity index is 772. The van der Waals surface area contributed by atoms with E-state index in [4.69, 9.17) is 9.47 Å². The lowest BCUT2D eigenvalue weighted by atomic mass is 9.78. The van der Waals surface area contributed by atoms with Crippen molar-refractivity contribution < 1.29 is 14.3 Å². The summed E-state index contributed by atoms with van der Waals surface area (Å²) >= 11 is 0. The number of fused-ring (bicyclic) bond motifs is 1. The van der Waals surface area contributed by atoms with E-state index in [1.54, 1.807) is 19.0 Å². The highest BCUT2D eigenvalue weighted by Crippen LogP contribution is 2.34. The van der Waals surface area contributed by atoms with Gasteiger partial charge in [-0.15, -0.1) is 0 Å². The Morgan fingerprint density at radius 2 is 1.97 bits per heavy atom. The zero-order valence-corrected chi connectivity index (χ0v) is 19.6. The molecule has 31 heavy (non-hydrogen) atoms. The van der Waals surface area contributed by atoms with Crippen LogP contribution in [0.2, 0.25) is 0 Å². The largest absolute Gasteiger partial charge is 0.493 e. The Labute approximate surface area is 186 Å². The molecule has 3 atom stereocenters. The van der Waals surface area contributed by atoms with Crippen LogP contribution in [0.1, 0.15) is 51.6 Å². The van der Waals surface area contributed by atoms with Gasteiger partial charge in [-0.05, 0) is 24.3 Å². The lowest BCUT2D eigenvalue weighted by Crippen LogP contribution is -2.48. The molecule has 2 aliphatic heterocycles. The molecule has 2 aliphatic rings. The Morgan fingerprint density at radius 1 is 1.19 bits per heavy atom. The maximum Gasteiger partial charge on any atom is 0.243 e. The van der Waals surface area contributed by atoms with Crippen LogP contribution in [0.3, 0.4) is 0 Å². The minimum atomic E-state index is -0.0259. The monoisotopic (exact) mass is 430 g/mol. The molecule has 0 spiro atoms. The molecule has 1 aromatic carbocycles. The topological polar surface area (TPSA) is 75.2 Å². The zero-order valence-electron chi connectivity index (χ0n) is 19.6. The first kappa shape index (κ1) is 23.4. The van der Waals surface area contributed by atoms with E-state index < -0.39 is 0 Å². The van der Waals surface area contributed by atoms with Gasteiger partial charge in [0.15, 0.2) is 5.96 Å². The summed E-state index contributed by atoms with van der Waals surface area (Å²) in [5.41, 5.74) is 1.20. The van der Waals surface area contributed by atoms with Crippen molar-refractivity contribution in [3.8, 4) is 5.75 Å². The fourth-order valence-corrected chi connectivity index (χ4v) is 4.33. The molecular formula is C24H38N4O3. The van der Waals surface area contributed by atoms with Crippen LogP contribution >= 0.6 is 0 Å². The van der Waals surface area contributed by atoms with Gasteiger partial charge in [-0.2, -0.15) is 0 Å². The van der Waals surface area contributed by atoms with Crippen molar-refractivity contribution in [1.29, 1.82) is 0 Å². The van der Waals surface area contributed by atoms with Crippen molar-refractivity contribution >= 4 is 11.9 Å². The molecule has 3 unspecified atom stereocenters. The average molecular weight is 431 g/mol. The number of hydrogen-bond acceptors (Lipinski definition) is 4. The van der Waals surface area contributed by atoms with Gasteiger partial charge in [0.25, 0.3) is 0 Å². The number of carbonyl (C=O) groups is 1. The van der Waals surface area contributed by atoms with E-state index in [1.807, 2.05) is 18.2 Å². The normalized spacial score (nSPS) is 24.0. The molecule has 0 saturated carbocycles. The van der Waals surface area contributed by atoms with E-state index in [-0.39, 0.29) is 30.0 Å². The quantitative estimate of drug-likeness (QED) is 0.555. The molecule has 1 aromatic rings. The summed E-state index contributed by atoms with van der Waals surface area (Å²) in [5.74, 6) is 1.94. The lowest BCUT2D eigenvalue weighted by Gasteiger charge is -2.40. The molecule has 7 nitrogen and oxygen atoms in total. The molecule has 0 radical (unpaired) electrons. The van der Waals surface area contributed by atoms with Gasteiger partial charge in [0, 0.05) is 45.1 Å². The van der Waals surface area contributed by atoms with Gasteiger partial charge in [-0.1, -0.05) is 39.0 Å². The lowest BCUT2D eigenvalue weighted by molar-refractivity contribution is -0.127. The first-order valence-electron chi connectivity index (χ1n) is 11.3. The number of para-hydroxylation sites is 1. The number of rotatable bonds is 5. The number of aliphatic imine (C=N–C) groups is 1. The summed E-state index contributed by atoms with van der Waals surface area (Å²) in [4.78, 5) is 18.3. The number of nitrogens with one attached hydrogen (secondary N) is 2. The second-order valence-electron chi connectivity index (χ2n) is 9.77. The van der Waals surface area contributed by atoms with E-state index >= 15 is 0 Å². The van der Waals surface area contributed by atoms with Gasteiger partial charge in [0.1, 0.15) is 12.3 Å². The van der Waals surface area contributed by atoms with Crippen LogP contribution in [0.25, 0.3) is 0 Å². The van der Waals surface area contributed by atoms with Crippen LogP contribution in [0, 0.1) is 11.3 Å². The number of amides is 1. The summed E-state index contributed by atoms with van der Waals surface area (Å²) in [6, 6.07) is 8.18. The molecule has 1 amide bonds.